The highest BCUT2D eigenvalue weighted by Crippen LogP contribution is 2.28. The van der Waals surface area contributed by atoms with Gasteiger partial charge in [0.25, 0.3) is 0 Å². The van der Waals surface area contributed by atoms with E-state index in [0.29, 0.717) is 11.3 Å². The molecule has 14 heavy (non-hydrogen) atoms. The lowest BCUT2D eigenvalue weighted by molar-refractivity contribution is -0.201. The van der Waals surface area contributed by atoms with Gasteiger partial charge in [0.15, 0.2) is 5.79 Å². The fourth-order valence-corrected chi connectivity index (χ4v) is 1.19. The Morgan fingerprint density at radius 3 is 2.43 bits per heavy atom. The molecule has 0 saturated heterocycles. The number of rotatable bonds is 3. The van der Waals surface area contributed by atoms with E-state index in [4.69, 9.17) is 4.74 Å². The third-order valence-electron chi connectivity index (χ3n) is 2.30. The van der Waals surface area contributed by atoms with Crippen LogP contribution in [0.15, 0.2) is 24.3 Å². The molecule has 1 aromatic carbocycles. The normalized spacial score (nSPS) is 11.9. The van der Waals surface area contributed by atoms with Crippen molar-refractivity contribution in [3.63, 3.8) is 0 Å². The van der Waals surface area contributed by atoms with Crippen molar-refractivity contribution in [3.05, 3.63) is 29.8 Å². The van der Waals surface area contributed by atoms with Crippen molar-refractivity contribution in [1.29, 1.82) is 0 Å². The van der Waals surface area contributed by atoms with Crippen LogP contribution in [0.3, 0.4) is 0 Å². The lowest BCUT2D eigenvalue weighted by atomic mass is 9.95. The van der Waals surface area contributed by atoms with E-state index in [1.54, 1.807) is 45.2 Å². The van der Waals surface area contributed by atoms with Gasteiger partial charge in [0, 0.05) is 11.5 Å². The smallest absolute Gasteiger partial charge is 0.192 e. The fraction of sp³-hybridized carbons (Fsp3) is 0.455. The molecule has 3 nitrogen and oxygen atoms in total. The van der Waals surface area contributed by atoms with Gasteiger partial charge in [-0.25, -0.2) is 0 Å². The summed E-state index contributed by atoms with van der Waals surface area (Å²) in [6, 6.07) is 6.79. The molecule has 0 bridgehead atoms. The zero-order valence-electron chi connectivity index (χ0n) is 8.69. The van der Waals surface area contributed by atoms with Crippen LogP contribution in [-0.4, -0.2) is 17.3 Å². The molecule has 0 fully saturated rings. The first-order valence-electron chi connectivity index (χ1n) is 4.57. The number of benzene rings is 1. The van der Waals surface area contributed by atoms with Crippen molar-refractivity contribution in [1.82, 2.24) is 0 Å². The van der Waals surface area contributed by atoms with Gasteiger partial charge in [-0.2, -0.15) is 0 Å². The van der Waals surface area contributed by atoms with Crippen LogP contribution in [0.5, 0.6) is 5.75 Å². The lowest BCUT2D eigenvalue weighted by Crippen LogP contribution is -2.31. The van der Waals surface area contributed by atoms with Gasteiger partial charge < -0.3 is 14.9 Å². The molecule has 0 aliphatic heterocycles. The molecule has 0 aliphatic rings. The summed E-state index contributed by atoms with van der Waals surface area (Å²) in [5.41, 5.74) is 0.451. The average Bonchev–Trinajstić information content (AvgIpc) is 2.17. The van der Waals surface area contributed by atoms with Gasteiger partial charge in [0.2, 0.25) is 0 Å². The molecule has 3 heteroatoms. The van der Waals surface area contributed by atoms with Gasteiger partial charge in [-0.3, -0.25) is 0 Å². The second-order valence-corrected chi connectivity index (χ2v) is 3.61. The molecule has 1 rings (SSSR count). The van der Waals surface area contributed by atoms with Crippen molar-refractivity contribution in [2.75, 3.05) is 7.11 Å². The minimum Gasteiger partial charge on any atom is -0.497 e. The molecule has 0 radical (unpaired) electrons. The molecule has 0 heterocycles. The molecule has 0 atom stereocenters. The molecular weight excluding hydrogens is 180 g/mol. The summed E-state index contributed by atoms with van der Waals surface area (Å²) in [5.74, 6) is -1.45. The van der Waals surface area contributed by atoms with Crippen molar-refractivity contribution in [3.8, 4) is 5.75 Å². The van der Waals surface area contributed by atoms with Crippen LogP contribution in [-0.2, 0) is 5.79 Å². The molecule has 0 aliphatic carbocycles. The Morgan fingerprint density at radius 2 is 1.93 bits per heavy atom. The van der Waals surface area contributed by atoms with Crippen molar-refractivity contribution >= 4 is 0 Å². The largest absolute Gasteiger partial charge is 0.497 e. The van der Waals surface area contributed by atoms with E-state index in [2.05, 4.69) is 0 Å². The minimum atomic E-state index is -1.80. The van der Waals surface area contributed by atoms with Gasteiger partial charge in [-0.1, -0.05) is 26.0 Å². The Labute approximate surface area is 84.0 Å². The van der Waals surface area contributed by atoms with Gasteiger partial charge in [0.1, 0.15) is 5.75 Å². The summed E-state index contributed by atoms with van der Waals surface area (Å²) < 4.78 is 5.01. The maximum Gasteiger partial charge on any atom is 0.192 e. The zero-order valence-corrected chi connectivity index (χ0v) is 8.69. The maximum absolute atomic E-state index is 9.78. The predicted octanol–water partition coefficient (Wildman–Crippen LogP) is 1.49. The van der Waals surface area contributed by atoms with E-state index in [-0.39, 0.29) is 5.92 Å². The number of hydrogen-bond acceptors (Lipinski definition) is 3. The molecule has 1 aromatic rings. The third-order valence-corrected chi connectivity index (χ3v) is 2.30. The van der Waals surface area contributed by atoms with Crippen LogP contribution in [0.1, 0.15) is 19.4 Å². The minimum absolute atomic E-state index is 0.269. The van der Waals surface area contributed by atoms with Crippen LogP contribution in [0.25, 0.3) is 0 Å². The Hall–Kier alpha value is -1.06. The van der Waals surface area contributed by atoms with E-state index in [1.165, 1.54) is 0 Å². The molecule has 0 aromatic heterocycles. The summed E-state index contributed by atoms with van der Waals surface area (Å²) >= 11 is 0. The van der Waals surface area contributed by atoms with Crippen LogP contribution in [0.4, 0.5) is 0 Å². The third kappa shape index (κ3) is 2.05. The zero-order chi connectivity index (χ0) is 10.8. The quantitative estimate of drug-likeness (QED) is 0.720. The summed E-state index contributed by atoms with van der Waals surface area (Å²) in [5, 5.41) is 19.6. The van der Waals surface area contributed by atoms with Crippen LogP contribution < -0.4 is 4.74 Å². The Morgan fingerprint density at radius 1 is 1.29 bits per heavy atom. The number of aliphatic hydroxyl groups is 2. The first kappa shape index (κ1) is 11.0. The summed E-state index contributed by atoms with van der Waals surface area (Å²) in [7, 11) is 1.55. The van der Waals surface area contributed by atoms with Crippen molar-refractivity contribution in [2.45, 2.75) is 19.6 Å². The highest BCUT2D eigenvalue weighted by atomic mass is 16.5. The number of methoxy groups -OCH3 is 1. The Bertz CT molecular complexity index is 305. The van der Waals surface area contributed by atoms with Gasteiger partial charge in [-0.05, 0) is 12.1 Å². The van der Waals surface area contributed by atoms with Crippen LogP contribution >= 0.6 is 0 Å². The molecule has 0 unspecified atom stereocenters. The topological polar surface area (TPSA) is 49.7 Å². The average molecular weight is 196 g/mol. The van der Waals surface area contributed by atoms with Gasteiger partial charge in [0.05, 0.1) is 7.11 Å². The van der Waals surface area contributed by atoms with E-state index in [0.717, 1.165) is 0 Å². The number of ether oxygens (including phenoxy) is 1. The standard InChI is InChI=1S/C11H16O3/c1-8(2)11(12,13)9-5-4-6-10(7-9)14-3/h4-8,12-13H,1-3H3. The Balaban J connectivity index is 3.06. The Kier molecular flexibility index (Phi) is 3.13. The molecule has 0 saturated carbocycles. The molecule has 0 spiro atoms. The molecular formula is C11H16O3. The van der Waals surface area contributed by atoms with Crippen molar-refractivity contribution < 1.29 is 14.9 Å². The second-order valence-electron chi connectivity index (χ2n) is 3.61. The number of hydrogen-bond donors (Lipinski definition) is 2. The van der Waals surface area contributed by atoms with Gasteiger partial charge >= 0.3 is 0 Å². The summed E-state index contributed by atoms with van der Waals surface area (Å²) in [6.45, 7) is 3.50. The predicted molar refractivity (Wildman–Crippen MR) is 53.9 cm³/mol. The van der Waals surface area contributed by atoms with Crippen LogP contribution in [0, 0.1) is 5.92 Å². The molecule has 78 valence electrons. The highest BCUT2D eigenvalue weighted by Gasteiger charge is 2.30. The van der Waals surface area contributed by atoms with Crippen molar-refractivity contribution in [2.24, 2.45) is 5.92 Å². The monoisotopic (exact) mass is 196 g/mol. The first-order valence-corrected chi connectivity index (χ1v) is 4.57. The van der Waals surface area contributed by atoms with Gasteiger partial charge in [-0.15, -0.1) is 0 Å². The lowest BCUT2D eigenvalue weighted by Gasteiger charge is -2.26. The van der Waals surface area contributed by atoms with E-state index in [9.17, 15) is 10.2 Å². The van der Waals surface area contributed by atoms with E-state index < -0.39 is 5.79 Å². The van der Waals surface area contributed by atoms with E-state index >= 15 is 0 Å². The SMILES string of the molecule is COc1cccc(C(O)(O)C(C)C)c1. The maximum atomic E-state index is 9.78. The summed E-state index contributed by atoms with van der Waals surface area (Å²) in [6.07, 6.45) is 0. The summed E-state index contributed by atoms with van der Waals surface area (Å²) in [4.78, 5) is 0. The second kappa shape index (κ2) is 3.98. The molecule has 0 amide bonds. The van der Waals surface area contributed by atoms with Crippen LogP contribution in [0.2, 0.25) is 0 Å². The molecule has 2 N–H and O–H groups in total. The highest BCUT2D eigenvalue weighted by molar-refractivity contribution is 5.31. The first-order chi connectivity index (χ1) is 6.48. The van der Waals surface area contributed by atoms with E-state index in [1.807, 2.05) is 0 Å². The fourth-order valence-electron chi connectivity index (χ4n) is 1.19.